The molecule has 2 aromatic rings. The van der Waals surface area contributed by atoms with Gasteiger partial charge in [-0.25, -0.2) is 0 Å². The van der Waals surface area contributed by atoms with E-state index in [4.69, 9.17) is 0 Å². The molecule has 0 aliphatic carbocycles. The van der Waals surface area contributed by atoms with Gasteiger partial charge in [0.15, 0.2) is 5.78 Å². The first kappa shape index (κ1) is 12.5. The molecule has 0 unspecified atom stereocenters. The molecule has 2 aromatic heterocycles. The van der Waals surface area contributed by atoms with Gasteiger partial charge in [-0.15, -0.1) is 0 Å². The second-order valence-corrected chi connectivity index (χ2v) is 4.49. The van der Waals surface area contributed by atoms with Crippen molar-refractivity contribution in [3.63, 3.8) is 0 Å². The summed E-state index contributed by atoms with van der Waals surface area (Å²) in [6.45, 7) is 6.68. The van der Waals surface area contributed by atoms with Crippen LogP contribution in [-0.4, -0.2) is 25.3 Å². The molecule has 0 aliphatic rings. The Morgan fingerprint density at radius 2 is 2.11 bits per heavy atom. The molecular formula is C13H18N4O. The third-order valence-electron chi connectivity index (χ3n) is 3.08. The first-order valence-electron chi connectivity index (χ1n) is 6.12. The monoisotopic (exact) mass is 246 g/mol. The predicted octanol–water partition coefficient (Wildman–Crippen LogP) is 1.87. The van der Waals surface area contributed by atoms with Gasteiger partial charge in [-0.2, -0.15) is 10.2 Å². The Morgan fingerprint density at radius 3 is 2.67 bits per heavy atom. The zero-order chi connectivity index (χ0) is 13.3. The molecule has 0 atom stereocenters. The Bertz CT molecular complexity index is 580. The summed E-state index contributed by atoms with van der Waals surface area (Å²) in [7, 11) is 1.85. The molecular weight excluding hydrogens is 228 g/mol. The van der Waals surface area contributed by atoms with Gasteiger partial charge in [0.2, 0.25) is 0 Å². The Labute approximate surface area is 106 Å². The zero-order valence-electron chi connectivity index (χ0n) is 11.3. The van der Waals surface area contributed by atoms with Gasteiger partial charge in [-0.05, 0) is 20.3 Å². The minimum Gasteiger partial charge on any atom is -0.288 e. The van der Waals surface area contributed by atoms with E-state index in [1.807, 2.05) is 20.9 Å². The third-order valence-corrected chi connectivity index (χ3v) is 3.08. The fourth-order valence-electron chi connectivity index (χ4n) is 2.08. The molecule has 5 heteroatoms. The third kappa shape index (κ3) is 2.08. The van der Waals surface area contributed by atoms with Crippen molar-refractivity contribution < 1.29 is 4.79 Å². The highest BCUT2D eigenvalue weighted by Gasteiger charge is 2.19. The molecule has 96 valence electrons. The normalized spacial score (nSPS) is 10.9. The largest absolute Gasteiger partial charge is 0.288 e. The fourth-order valence-corrected chi connectivity index (χ4v) is 2.08. The molecule has 0 fully saturated rings. The van der Waals surface area contributed by atoms with E-state index in [0.29, 0.717) is 11.1 Å². The van der Waals surface area contributed by atoms with E-state index in [1.54, 1.807) is 21.8 Å². The number of rotatable bonds is 4. The van der Waals surface area contributed by atoms with Crippen molar-refractivity contribution in [2.24, 2.45) is 7.05 Å². The fraction of sp³-hybridized carbons (Fsp3) is 0.462. The van der Waals surface area contributed by atoms with Crippen molar-refractivity contribution in [3.8, 4) is 0 Å². The molecule has 18 heavy (non-hydrogen) atoms. The maximum absolute atomic E-state index is 12.4. The van der Waals surface area contributed by atoms with Crippen LogP contribution in [0.5, 0.6) is 0 Å². The summed E-state index contributed by atoms with van der Waals surface area (Å²) in [5.41, 5.74) is 2.97. The maximum atomic E-state index is 12.4. The second-order valence-electron chi connectivity index (χ2n) is 4.49. The zero-order valence-corrected chi connectivity index (χ0v) is 11.3. The average Bonchev–Trinajstić information content (AvgIpc) is 2.86. The van der Waals surface area contributed by atoms with Crippen LogP contribution in [0.25, 0.3) is 0 Å². The first-order chi connectivity index (χ1) is 8.54. The van der Waals surface area contributed by atoms with Gasteiger partial charge in [0.25, 0.3) is 0 Å². The van der Waals surface area contributed by atoms with Crippen LogP contribution >= 0.6 is 0 Å². The van der Waals surface area contributed by atoms with Crippen molar-refractivity contribution in [2.45, 2.75) is 33.7 Å². The predicted molar refractivity (Wildman–Crippen MR) is 68.6 cm³/mol. The summed E-state index contributed by atoms with van der Waals surface area (Å²) in [5.74, 6) is 0.000420. The highest BCUT2D eigenvalue weighted by Crippen LogP contribution is 2.16. The van der Waals surface area contributed by atoms with E-state index in [1.165, 1.54) is 0 Å². The second kappa shape index (κ2) is 4.76. The number of hydrogen-bond donors (Lipinski definition) is 0. The standard InChI is InChI=1S/C13H18N4O/c1-5-6-17-8-11(7-14-17)13(18)12-9(2)15-16(4)10(12)3/h7-8H,5-6H2,1-4H3. The summed E-state index contributed by atoms with van der Waals surface area (Å²) >= 11 is 0. The molecule has 0 aromatic carbocycles. The summed E-state index contributed by atoms with van der Waals surface area (Å²) in [6.07, 6.45) is 4.43. The number of ketones is 1. The van der Waals surface area contributed by atoms with E-state index in [9.17, 15) is 4.79 Å². The van der Waals surface area contributed by atoms with Crippen LogP contribution in [-0.2, 0) is 13.6 Å². The lowest BCUT2D eigenvalue weighted by Gasteiger charge is -1.99. The van der Waals surface area contributed by atoms with E-state index in [-0.39, 0.29) is 5.78 Å². The Kier molecular flexibility index (Phi) is 3.32. The molecule has 2 rings (SSSR count). The Morgan fingerprint density at radius 1 is 1.39 bits per heavy atom. The van der Waals surface area contributed by atoms with E-state index < -0.39 is 0 Å². The van der Waals surface area contributed by atoms with Crippen LogP contribution in [0.1, 0.15) is 40.7 Å². The molecule has 0 saturated heterocycles. The number of carbonyl (C=O) groups is 1. The molecule has 2 heterocycles. The molecule has 0 bridgehead atoms. The highest BCUT2D eigenvalue weighted by atomic mass is 16.1. The lowest BCUT2D eigenvalue weighted by Crippen LogP contribution is -2.04. The summed E-state index contributed by atoms with van der Waals surface area (Å²) < 4.78 is 3.54. The van der Waals surface area contributed by atoms with Gasteiger partial charge in [0, 0.05) is 25.5 Å². The van der Waals surface area contributed by atoms with E-state index >= 15 is 0 Å². The lowest BCUT2D eigenvalue weighted by molar-refractivity contribution is 0.103. The number of nitrogens with zero attached hydrogens (tertiary/aromatic N) is 4. The van der Waals surface area contributed by atoms with Crippen LogP contribution in [0.4, 0.5) is 0 Å². The van der Waals surface area contributed by atoms with Gasteiger partial charge in [-0.3, -0.25) is 14.2 Å². The molecule has 0 amide bonds. The summed E-state index contributed by atoms with van der Waals surface area (Å²) in [6, 6.07) is 0. The topological polar surface area (TPSA) is 52.7 Å². The number of hydrogen-bond acceptors (Lipinski definition) is 3. The Hall–Kier alpha value is -1.91. The quantitative estimate of drug-likeness (QED) is 0.774. The summed E-state index contributed by atoms with van der Waals surface area (Å²) in [5, 5.41) is 8.46. The van der Waals surface area contributed by atoms with Crippen LogP contribution < -0.4 is 0 Å². The minimum absolute atomic E-state index is 0.000420. The van der Waals surface area contributed by atoms with E-state index in [2.05, 4.69) is 17.1 Å². The molecule has 0 spiro atoms. The van der Waals surface area contributed by atoms with Crippen molar-refractivity contribution in [1.82, 2.24) is 19.6 Å². The van der Waals surface area contributed by atoms with Gasteiger partial charge in [-0.1, -0.05) is 6.92 Å². The maximum Gasteiger partial charge on any atom is 0.199 e. The van der Waals surface area contributed by atoms with Gasteiger partial charge in [0.05, 0.1) is 23.0 Å². The van der Waals surface area contributed by atoms with Crippen molar-refractivity contribution >= 4 is 5.78 Å². The first-order valence-corrected chi connectivity index (χ1v) is 6.12. The average molecular weight is 246 g/mol. The van der Waals surface area contributed by atoms with Crippen molar-refractivity contribution in [1.29, 1.82) is 0 Å². The highest BCUT2D eigenvalue weighted by molar-refractivity contribution is 6.10. The molecule has 0 radical (unpaired) electrons. The number of aryl methyl sites for hydroxylation is 3. The smallest absolute Gasteiger partial charge is 0.199 e. The van der Waals surface area contributed by atoms with Gasteiger partial charge in [0.1, 0.15) is 0 Å². The van der Waals surface area contributed by atoms with Crippen LogP contribution in [0.3, 0.4) is 0 Å². The SMILES string of the molecule is CCCn1cc(C(=O)c2c(C)nn(C)c2C)cn1. The molecule has 0 saturated carbocycles. The van der Waals surface area contributed by atoms with Crippen LogP contribution in [0.15, 0.2) is 12.4 Å². The molecule has 5 nitrogen and oxygen atoms in total. The Balaban J connectivity index is 2.35. The number of carbonyl (C=O) groups excluding carboxylic acids is 1. The molecule has 0 N–H and O–H groups in total. The van der Waals surface area contributed by atoms with Crippen LogP contribution in [0, 0.1) is 13.8 Å². The van der Waals surface area contributed by atoms with Crippen molar-refractivity contribution in [3.05, 3.63) is 34.9 Å². The van der Waals surface area contributed by atoms with E-state index in [0.717, 1.165) is 24.4 Å². The van der Waals surface area contributed by atoms with Gasteiger partial charge >= 0.3 is 0 Å². The van der Waals surface area contributed by atoms with Gasteiger partial charge < -0.3 is 0 Å². The minimum atomic E-state index is 0.000420. The van der Waals surface area contributed by atoms with Crippen molar-refractivity contribution in [2.75, 3.05) is 0 Å². The lowest BCUT2D eigenvalue weighted by atomic mass is 10.0. The number of aromatic nitrogens is 4. The summed E-state index contributed by atoms with van der Waals surface area (Å²) in [4.78, 5) is 12.4. The molecule has 0 aliphatic heterocycles. The van der Waals surface area contributed by atoms with Crippen LogP contribution in [0.2, 0.25) is 0 Å².